The van der Waals surface area contributed by atoms with Crippen molar-refractivity contribution < 1.29 is 14.5 Å². The predicted molar refractivity (Wildman–Crippen MR) is 95.9 cm³/mol. The van der Waals surface area contributed by atoms with E-state index >= 15 is 0 Å². The van der Waals surface area contributed by atoms with Crippen LogP contribution in [0.25, 0.3) is 0 Å². The zero-order valence-electron chi connectivity index (χ0n) is 14.4. The number of nitro groups is 1. The van der Waals surface area contributed by atoms with Crippen LogP contribution in [0.3, 0.4) is 0 Å². The van der Waals surface area contributed by atoms with E-state index in [-0.39, 0.29) is 17.8 Å². The normalized spacial score (nSPS) is 10.4. The number of nitrogens with zero attached hydrogens (tertiary/aromatic N) is 1. The molecule has 0 bridgehead atoms. The van der Waals surface area contributed by atoms with Gasteiger partial charge in [0.05, 0.1) is 11.0 Å². The lowest BCUT2D eigenvalue weighted by atomic mass is 10.2. The largest absolute Gasteiger partial charge is 0.491 e. The lowest BCUT2D eigenvalue weighted by molar-refractivity contribution is -0.385. The van der Waals surface area contributed by atoms with Gasteiger partial charge in [0.15, 0.2) is 0 Å². The van der Waals surface area contributed by atoms with E-state index in [2.05, 4.69) is 10.6 Å². The van der Waals surface area contributed by atoms with Crippen molar-refractivity contribution in [3.8, 4) is 5.75 Å². The highest BCUT2D eigenvalue weighted by Crippen LogP contribution is 2.21. The number of rotatable bonds is 6. The van der Waals surface area contributed by atoms with Crippen LogP contribution in [0, 0.1) is 17.0 Å². The van der Waals surface area contributed by atoms with Gasteiger partial charge in [-0.15, -0.1) is 0 Å². The summed E-state index contributed by atoms with van der Waals surface area (Å²) in [5, 5.41) is 16.2. The zero-order chi connectivity index (χ0) is 18.4. The van der Waals surface area contributed by atoms with Gasteiger partial charge in [0.1, 0.15) is 5.75 Å². The topological polar surface area (TPSA) is 93.5 Å². The summed E-state index contributed by atoms with van der Waals surface area (Å²) < 4.78 is 5.56. The van der Waals surface area contributed by atoms with Gasteiger partial charge >= 0.3 is 6.03 Å². The predicted octanol–water partition coefficient (Wildman–Crippen LogP) is 4.01. The summed E-state index contributed by atoms with van der Waals surface area (Å²) in [6.45, 7) is 5.90. The highest BCUT2D eigenvalue weighted by Gasteiger charge is 2.11. The van der Waals surface area contributed by atoms with Crippen molar-refractivity contribution >= 4 is 17.4 Å². The number of hydrogen-bond acceptors (Lipinski definition) is 4. The number of nitrogens with one attached hydrogen (secondary N) is 2. The number of hydrogen-bond donors (Lipinski definition) is 2. The molecule has 2 N–H and O–H groups in total. The van der Waals surface area contributed by atoms with E-state index in [0.29, 0.717) is 17.8 Å². The molecule has 0 fully saturated rings. The molecule has 2 amide bonds. The third-order valence-corrected chi connectivity index (χ3v) is 3.40. The monoisotopic (exact) mass is 343 g/mol. The maximum atomic E-state index is 11.9. The average molecular weight is 343 g/mol. The molecule has 2 aromatic rings. The van der Waals surface area contributed by atoms with E-state index < -0.39 is 4.92 Å². The smallest absolute Gasteiger partial charge is 0.319 e. The van der Waals surface area contributed by atoms with Crippen molar-refractivity contribution in [1.82, 2.24) is 5.32 Å². The Hall–Kier alpha value is -3.09. The standard InChI is InChI=1S/C18H21N3O4/c1-12(2)25-16-7-4-14(5-8-16)11-19-18(22)20-15-6-9-17(21(23)24)13(3)10-15/h4-10,12H,11H2,1-3H3,(H2,19,20,22). The Morgan fingerprint density at radius 3 is 2.44 bits per heavy atom. The van der Waals surface area contributed by atoms with Crippen LogP contribution in [-0.4, -0.2) is 17.1 Å². The summed E-state index contributed by atoms with van der Waals surface area (Å²) in [6.07, 6.45) is 0.111. The van der Waals surface area contributed by atoms with Crippen LogP contribution in [-0.2, 0) is 6.54 Å². The third-order valence-electron chi connectivity index (χ3n) is 3.40. The third kappa shape index (κ3) is 5.49. The Labute approximate surface area is 146 Å². The minimum atomic E-state index is -0.453. The molecule has 7 heteroatoms. The van der Waals surface area contributed by atoms with Crippen LogP contribution in [0.2, 0.25) is 0 Å². The van der Waals surface area contributed by atoms with Gasteiger partial charge in [-0.25, -0.2) is 4.79 Å². The molecule has 0 aliphatic heterocycles. The highest BCUT2D eigenvalue weighted by molar-refractivity contribution is 5.89. The lowest BCUT2D eigenvalue weighted by Crippen LogP contribution is -2.28. The fraction of sp³-hybridized carbons (Fsp3) is 0.278. The first-order valence-corrected chi connectivity index (χ1v) is 7.90. The number of amides is 2. The molecule has 0 radical (unpaired) electrons. The molecule has 0 atom stereocenters. The first kappa shape index (κ1) is 18.3. The maximum absolute atomic E-state index is 11.9. The summed E-state index contributed by atoms with van der Waals surface area (Å²) in [5.74, 6) is 0.782. The average Bonchev–Trinajstić information content (AvgIpc) is 2.53. The highest BCUT2D eigenvalue weighted by atomic mass is 16.6. The number of carbonyl (C=O) groups is 1. The Kier molecular flexibility index (Phi) is 5.94. The minimum absolute atomic E-state index is 0.0228. The molecular weight excluding hydrogens is 322 g/mol. The summed E-state index contributed by atoms with van der Waals surface area (Å²) >= 11 is 0. The maximum Gasteiger partial charge on any atom is 0.319 e. The van der Waals surface area contributed by atoms with Crippen molar-refractivity contribution in [3.63, 3.8) is 0 Å². The molecule has 0 aromatic heterocycles. The van der Waals surface area contributed by atoms with Crippen molar-refractivity contribution in [3.05, 3.63) is 63.7 Å². The number of ether oxygens (including phenoxy) is 1. The molecule has 7 nitrogen and oxygen atoms in total. The molecule has 2 aromatic carbocycles. The van der Waals surface area contributed by atoms with Gasteiger partial charge in [-0.1, -0.05) is 12.1 Å². The van der Waals surface area contributed by atoms with E-state index in [1.165, 1.54) is 12.1 Å². The van der Waals surface area contributed by atoms with E-state index in [1.54, 1.807) is 13.0 Å². The minimum Gasteiger partial charge on any atom is -0.491 e. The van der Waals surface area contributed by atoms with E-state index in [0.717, 1.165) is 11.3 Å². The second-order valence-electron chi connectivity index (χ2n) is 5.88. The Morgan fingerprint density at radius 1 is 1.20 bits per heavy atom. The number of nitro benzene ring substituents is 1. The second-order valence-corrected chi connectivity index (χ2v) is 5.88. The SMILES string of the molecule is Cc1cc(NC(=O)NCc2ccc(OC(C)C)cc2)ccc1[N+](=O)[O-]. The molecule has 0 saturated heterocycles. The fourth-order valence-corrected chi connectivity index (χ4v) is 2.25. The molecule has 0 heterocycles. The van der Waals surface area contributed by atoms with E-state index in [9.17, 15) is 14.9 Å². The quantitative estimate of drug-likeness (QED) is 0.612. The number of benzene rings is 2. The van der Waals surface area contributed by atoms with Crippen molar-refractivity contribution in [2.75, 3.05) is 5.32 Å². The van der Waals surface area contributed by atoms with Gasteiger partial charge in [-0.2, -0.15) is 0 Å². The molecule has 0 saturated carbocycles. The van der Waals surface area contributed by atoms with Crippen LogP contribution < -0.4 is 15.4 Å². The van der Waals surface area contributed by atoms with Crippen LogP contribution >= 0.6 is 0 Å². The molecule has 132 valence electrons. The second kappa shape index (κ2) is 8.14. The first-order valence-electron chi connectivity index (χ1n) is 7.90. The van der Waals surface area contributed by atoms with Gasteiger partial charge in [0.2, 0.25) is 0 Å². The van der Waals surface area contributed by atoms with Crippen LogP contribution in [0.4, 0.5) is 16.2 Å². The van der Waals surface area contributed by atoms with Gasteiger partial charge in [-0.05, 0) is 50.6 Å². The number of carbonyl (C=O) groups excluding carboxylic acids is 1. The van der Waals surface area contributed by atoms with Crippen molar-refractivity contribution in [1.29, 1.82) is 0 Å². The van der Waals surface area contributed by atoms with Crippen LogP contribution in [0.1, 0.15) is 25.0 Å². The number of anilines is 1. The molecule has 2 rings (SSSR count). The fourth-order valence-electron chi connectivity index (χ4n) is 2.25. The Balaban J connectivity index is 1.88. The van der Waals surface area contributed by atoms with E-state index in [4.69, 9.17) is 4.74 Å². The van der Waals surface area contributed by atoms with Gasteiger partial charge in [0.25, 0.3) is 5.69 Å². The zero-order valence-corrected chi connectivity index (χ0v) is 14.4. The van der Waals surface area contributed by atoms with Crippen LogP contribution in [0.15, 0.2) is 42.5 Å². The van der Waals surface area contributed by atoms with E-state index in [1.807, 2.05) is 38.1 Å². The molecule has 0 unspecified atom stereocenters. The molecular formula is C18H21N3O4. The molecule has 0 aliphatic rings. The lowest BCUT2D eigenvalue weighted by Gasteiger charge is -2.11. The summed E-state index contributed by atoms with van der Waals surface area (Å²) in [5.41, 5.74) is 1.95. The van der Waals surface area contributed by atoms with Gasteiger partial charge in [-0.3, -0.25) is 10.1 Å². The first-order chi connectivity index (χ1) is 11.8. The molecule has 25 heavy (non-hydrogen) atoms. The van der Waals surface area contributed by atoms with Gasteiger partial charge < -0.3 is 15.4 Å². The Morgan fingerprint density at radius 2 is 1.88 bits per heavy atom. The van der Waals surface area contributed by atoms with Gasteiger partial charge in [0, 0.05) is 23.9 Å². The summed E-state index contributed by atoms with van der Waals surface area (Å²) in [4.78, 5) is 22.3. The molecule has 0 aliphatic carbocycles. The Bertz CT molecular complexity index is 757. The molecule has 0 spiro atoms. The number of aryl methyl sites for hydroxylation is 1. The van der Waals surface area contributed by atoms with Crippen molar-refractivity contribution in [2.45, 2.75) is 33.4 Å². The number of urea groups is 1. The summed E-state index contributed by atoms with van der Waals surface area (Å²) in [7, 11) is 0. The van der Waals surface area contributed by atoms with Crippen LogP contribution in [0.5, 0.6) is 5.75 Å². The van der Waals surface area contributed by atoms with Crippen molar-refractivity contribution in [2.24, 2.45) is 0 Å². The summed E-state index contributed by atoms with van der Waals surface area (Å²) in [6, 6.07) is 11.5.